The van der Waals surface area contributed by atoms with Gasteiger partial charge in [0, 0.05) is 47.4 Å². The SMILES string of the molecule is Cc1cnc(NC(=O)c2ccc(CN3C(=O)c4ccc(Cl)cc4CC(=O)[C@H]3Cc3ccccn3)cc2C)cn1. The van der Waals surface area contributed by atoms with Crippen molar-refractivity contribution in [3.63, 3.8) is 0 Å². The summed E-state index contributed by atoms with van der Waals surface area (Å²) in [5, 5.41) is 3.24. The third-order valence-electron chi connectivity index (χ3n) is 6.71. The van der Waals surface area contributed by atoms with Gasteiger partial charge in [-0.2, -0.15) is 0 Å². The highest BCUT2D eigenvalue weighted by atomic mass is 35.5. The van der Waals surface area contributed by atoms with Crippen molar-refractivity contribution in [1.82, 2.24) is 19.9 Å². The molecule has 3 heterocycles. The zero-order chi connectivity index (χ0) is 27.5. The van der Waals surface area contributed by atoms with E-state index in [9.17, 15) is 14.4 Å². The van der Waals surface area contributed by atoms with Gasteiger partial charge in [0.1, 0.15) is 0 Å². The van der Waals surface area contributed by atoms with E-state index in [1.165, 1.54) is 6.20 Å². The van der Waals surface area contributed by atoms with Gasteiger partial charge in [-0.15, -0.1) is 0 Å². The summed E-state index contributed by atoms with van der Waals surface area (Å²) >= 11 is 6.19. The first-order valence-corrected chi connectivity index (χ1v) is 12.9. The summed E-state index contributed by atoms with van der Waals surface area (Å²) < 4.78 is 0. The first-order valence-electron chi connectivity index (χ1n) is 12.5. The van der Waals surface area contributed by atoms with Crippen LogP contribution in [-0.4, -0.2) is 43.5 Å². The highest BCUT2D eigenvalue weighted by Crippen LogP contribution is 2.27. The fraction of sp³-hybridized carbons (Fsp3) is 0.200. The number of pyridine rings is 1. The number of amides is 2. The van der Waals surface area contributed by atoms with Crippen LogP contribution < -0.4 is 5.32 Å². The monoisotopic (exact) mass is 539 g/mol. The van der Waals surface area contributed by atoms with E-state index in [0.29, 0.717) is 34.0 Å². The third-order valence-corrected chi connectivity index (χ3v) is 6.95. The second-order valence-electron chi connectivity index (χ2n) is 9.57. The number of aromatic nitrogens is 3. The lowest BCUT2D eigenvalue weighted by Gasteiger charge is -2.29. The Kier molecular flexibility index (Phi) is 7.47. The predicted octanol–water partition coefficient (Wildman–Crippen LogP) is 4.77. The minimum absolute atomic E-state index is 0.0815. The fourth-order valence-electron chi connectivity index (χ4n) is 4.73. The summed E-state index contributed by atoms with van der Waals surface area (Å²) in [6.45, 7) is 3.84. The Morgan fingerprint density at radius 3 is 2.59 bits per heavy atom. The Bertz CT molecular complexity index is 1560. The highest BCUT2D eigenvalue weighted by molar-refractivity contribution is 6.30. The Labute approximate surface area is 231 Å². The lowest BCUT2D eigenvalue weighted by Crippen LogP contribution is -2.45. The quantitative estimate of drug-likeness (QED) is 0.378. The van der Waals surface area contributed by atoms with Crippen molar-refractivity contribution < 1.29 is 14.4 Å². The molecule has 1 aliphatic rings. The molecular weight excluding hydrogens is 514 g/mol. The molecule has 1 N–H and O–H groups in total. The van der Waals surface area contributed by atoms with Crippen LogP contribution in [0.2, 0.25) is 5.02 Å². The number of nitrogens with zero attached hydrogens (tertiary/aromatic N) is 4. The van der Waals surface area contributed by atoms with Crippen LogP contribution in [-0.2, 0) is 24.2 Å². The zero-order valence-corrected chi connectivity index (χ0v) is 22.3. The van der Waals surface area contributed by atoms with Crippen LogP contribution in [0.5, 0.6) is 0 Å². The number of hydrogen-bond donors (Lipinski definition) is 1. The van der Waals surface area contributed by atoms with Crippen LogP contribution >= 0.6 is 11.6 Å². The van der Waals surface area contributed by atoms with E-state index in [1.807, 2.05) is 38.1 Å². The van der Waals surface area contributed by atoms with Gasteiger partial charge >= 0.3 is 0 Å². The zero-order valence-electron chi connectivity index (χ0n) is 21.5. The van der Waals surface area contributed by atoms with Crippen molar-refractivity contribution in [1.29, 1.82) is 0 Å². The number of fused-ring (bicyclic) bond motifs is 1. The summed E-state index contributed by atoms with van der Waals surface area (Å²) in [7, 11) is 0. The Hall–Kier alpha value is -4.43. The van der Waals surface area contributed by atoms with Gasteiger partial charge in [0.15, 0.2) is 11.6 Å². The number of benzene rings is 2. The van der Waals surface area contributed by atoms with E-state index in [2.05, 4.69) is 20.3 Å². The normalized spacial score (nSPS) is 15.1. The number of ketones is 1. The number of carbonyl (C=O) groups is 3. The van der Waals surface area contributed by atoms with E-state index in [-0.39, 0.29) is 30.6 Å². The van der Waals surface area contributed by atoms with Gasteiger partial charge in [0.25, 0.3) is 11.8 Å². The molecule has 0 unspecified atom stereocenters. The van der Waals surface area contributed by atoms with Gasteiger partial charge in [-0.3, -0.25) is 24.4 Å². The average Bonchev–Trinajstić information content (AvgIpc) is 3.00. The van der Waals surface area contributed by atoms with Crippen molar-refractivity contribution >= 4 is 35.0 Å². The van der Waals surface area contributed by atoms with Crippen LogP contribution in [0.3, 0.4) is 0 Å². The van der Waals surface area contributed by atoms with Gasteiger partial charge in [0.2, 0.25) is 0 Å². The molecule has 39 heavy (non-hydrogen) atoms. The first-order chi connectivity index (χ1) is 18.8. The van der Waals surface area contributed by atoms with Crippen LogP contribution in [0, 0.1) is 13.8 Å². The Morgan fingerprint density at radius 2 is 1.87 bits per heavy atom. The van der Waals surface area contributed by atoms with Gasteiger partial charge in [0.05, 0.1) is 24.1 Å². The van der Waals surface area contributed by atoms with Crippen molar-refractivity contribution in [2.75, 3.05) is 5.32 Å². The van der Waals surface area contributed by atoms with Gasteiger partial charge in [-0.25, -0.2) is 4.98 Å². The molecule has 0 spiro atoms. The topological polar surface area (TPSA) is 105 Å². The molecule has 196 valence electrons. The fourth-order valence-corrected chi connectivity index (χ4v) is 4.93. The van der Waals surface area contributed by atoms with E-state index in [1.54, 1.807) is 47.6 Å². The molecule has 0 radical (unpaired) electrons. The summed E-state index contributed by atoms with van der Waals surface area (Å²) in [4.78, 5) is 54.5. The lowest BCUT2D eigenvalue weighted by atomic mass is 9.99. The molecule has 0 aliphatic carbocycles. The van der Waals surface area contributed by atoms with Crippen molar-refractivity contribution in [2.24, 2.45) is 0 Å². The average molecular weight is 540 g/mol. The number of anilines is 1. The number of Topliss-reactive ketones (excluding diaryl/α,β-unsaturated/α-hetero) is 1. The molecule has 0 fully saturated rings. The molecule has 0 saturated heterocycles. The number of hydrogen-bond acceptors (Lipinski definition) is 6. The molecular formula is C30H26ClN5O3. The molecule has 0 bridgehead atoms. The first kappa shape index (κ1) is 26.2. The maximum absolute atomic E-state index is 13.8. The molecule has 1 aliphatic heterocycles. The maximum atomic E-state index is 13.8. The van der Waals surface area contributed by atoms with E-state index in [4.69, 9.17) is 11.6 Å². The second-order valence-corrected chi connectivity index (χ2v) is 10.0. The number of aryl methyl sites for hydroxylation is 2. The van der Waals surface area contributed by atoms with Crippen LogP contribution in [0.15, 0.2) is 73.2 Å². The Morgan fingerprint density at radius 1 is 1.03 bits per heavy atom. The van der Waals surface area contributed by atoms with Crippen molar-refractivity contribution in [2.45, 2.75) is 39.3 Å². The number of rotatable bonds is 6. The third kappa shape index (κ3) is 5.86. The summed E-state index contributed by atoms with van der Waals surface area (Å²) in [5.74, 6) is -0.274. The number of carbonyl (C=O) groups excluding carboxylic acids is 3. The van der Waals surface area contributed by atoms with Gasteiger partial charge in [-0.1, -0.05) is 29.8 Å². The molecule has 8 nitrogen and oxygen atoms in total. The van der Waals surface area contributed by atoms with E-state index >= 15 is 0 Å². The maximum Gasteiger partial charge on any atom is 0.257 e. The van der Waals surface area contributed by atoms with Crippen LogP contribution in [0.25, 0.3) is 0 Å². The predicted molar refractivity (Wildman–Crippen MR) is 148 cm³/mol. The molecule has 9 heteroatoms. The second kappa shape index (κ2) is 11.1. The lowest BCUT2D eigenvalue weighted by molar-refractivity contribution is -0.122. The minimum atomic E-state index is -0.707. The summed E-state index contributed by atoms with van der Waals surface area (Å²) in [6, 6.07) is 15.2. The molecule has 2 aromatic carbocycles. The van der Waals surface area contributed by atoms with Crippen LogP contribution in [0.4, 0.5) is 5.82 Å². The van der Waals surface area contributed by atoms with Crippen LogP contribution in [0.1, 0.15) is 48.8 Å². The summed E-state index contributed by atoms with van der Waals surface area (Å²) in [5.41, 5.74) is 4.55. The number of halogens is 1. The standard InChI is InChI=1S/C30H26ClN5O3/c1-18-11-20(6-8-24(18)29(38)35-28-16-33-19(2)15-34-28)17-36-26(14-23-5-3-4-10-32-23)27(37)13-21-12-22(31)7-9-25(21)30(36)39/h3-12,15-16,26H,13-14,17H2,1-2H3,(H,34,35,38)/t26-/m1/s1. The highest BCUT2D eigenvalue weighted by Gasteiger charge is 2.35. The Balaban J connectivity index is 1.44. The summed E-state index contributed by atoms with van der Waals surface area (Å²) in [6.07, 6.45) is 5.16. The smallest absolute Gasteiger partial charge is 0.257 e. The molecule has 5 rings (SSSR count). The van der Waals surface area contributed by atoms with Gasteiger partial charge in [-0.05, 0) is 66.9 Å². The van der Waals surface area contributed by atoms with E-state index < -0.39 is 6.04 Å². The van der Waals surface area contributed by atoms with Crippen molar-refractivity contribution in [3.8, 4) is 0 Å². The minimum Gasteiger partial charge on any atom is -0.324 e. The van der Waals surface area contributed by atoms with E-state index in [0.717, 1.165) is 22.5 Å². The molecule has 1 atom stereocenters. The molecule has 2 amide bonds. The molecule has 4 aromatic rings. The number of nitrogens with one attached hydrogen (secondary N) is 1. The molecule has 2 aromatic heterocycles. The molecule has 0 saturated carbocycles. The van der Waals surface area contributed by atoms with Crippen molar-refractivity contribution in [3.05, 3.63) is 117 Å². The van der Waals surface area contributed by atoms with Gasteiger partial charge < -0.3 is 10.2 Å². The largest absolute Gasteiger partial charge is 0.324 e.